The number of benzene rings is 1. The zero-order chi connectivity index (χ0) is 13.6. The van der Waals surface area contributed by atoms with Crippen LogP contribution < -0.4 is 10.6 Å². The van der Waals surface area contributed by atoms with Crippen molar-refractivity contribution in [1.29, 1.82) is 0 Å². The Kier molecular flexibility index (Phi) is 5.36. The van der Waals surface area contributed by atoms with Gasteiger partial charge in [0.25, 0.3) is 0 Å². The van der Waals surface area contributed by atoms with Crippen LogP contribution in [0.2, 0.25) is 0 Å². The Hall–Kier alpha value is -0.860. The predicted molar refractivity (Wildman–Crippen MR) is 80.0 cm³/mol. The van der Waals surface area contributed by atoms with Gasteiger partial charge < -0.3 is 10.6 Å². The largest absolute Gasteiger partial charge is 0.311 e. The van der Waals surface area contributed by atoms with Gasteiger partial charge in [0.2, 0.25) is 0 Å². The Morgan fingerprint density at radius 1 is 0.833 bits per heavy atom. The van der Waals surface area contributed by atoms with E-state index in [1.54, 1.807) is 0 Å². The minimum atomic E-state index is 0.140. The van der Waals surface area contributed by atoms with Gasteiger partial charge in [-0.2, -0.15) is 0 Å². The summed E-state index contributed by atoms with van der Waals surface area (Å²) < 4.78 is 0. The van der Waals surface area contributed by atoms with Crippen LogP contribution in [0, 0.1) is 0 Å². The maximum absolute atomic E-state index is 3.62. The van der Waals surface area contributed by atoms with Crippen molar-refractivity contribution in [2.24, 2.45) is 0 Å². The SMILES string of the molecule is CC(C)(C)NCCNC(C)(C)Cc1ccccc1. The molecule has 0 aromatic heterocycles. The van der Waals surface area contributed by atoms with Crippen LogP contribution in [0.25, 0.3) is 0 Å². The molecule has 0 aliphatic rings. The van der Waals surface area contributed by atoms with Crippen LogP contribution in [0.1, 0.15) is 40.2 Å². The fourth-order valence-corrected chi connectivity index (χ4v) is 2.01. The highest BCUT2D eigenvalue weighted by atomic mass is 15.0. The van der Waals surface area contributed by atoms with E-state index in [0.717, 1.165) is 19.5 Å². The normalized spacial score (nSPS) is 12.7. The molecule has 2 N–H and O–H groups in total. The summed E-state index contributed by atoms with van der Waals surface area (Å²) in [4.78, 5) is 0. The molecule has 0 atom stereocenters. The van der Waals surface area contributed by atoms with E-state index in [2.05, 4.69) is 75.6 Å². The maximum Gasteiger partial charge on any atom is 0.0165 e. The Balaban J connectivity index is 2.32. The molecule has 1 aromatic rings. The molecule has 0 unspecified atom stereocenters. The summed E-state index contributed by atoms with van der Waals surface area (Å²) in [7, 11) is 0. The molecule has 2 nitrogen and oxygen atoms in total. The summed E-state index contributed by atoms with van der Waals surface area (Å²) in [5.41, 5.74) is 1.73. The first-order valence-corrected chi connectivity index (χ1v) is 6.82. The minimum absolute atomic E-state index is 0.140. The zero-order valence-electron chi connectivity index (χ0n) is 12.5. The topological polar surface area (TPSA) is 24.1 Å². The van der Waals surface area contributed by atoms with E-state index in [1.807, 2.05) is 0 Å². The van der Waals surface area contributed by atoms with Crippen molar-refractivity contribution in [2.45, 2.75) is 52.1 Å². The first-order chi connectivity index (χ1) is 8.29. The van der Waals surface area contributed by atoms with Crippen LogP contribution in [0.3, 0.4) is 0 Å². The first kappa shape index (κ1) is 15.2. The van der Waals surface area contributed by atoms with Crippen molar-refractivity contribution in [2.75, 3.05) is 13.1 Å². The van der Waals surface area contributed by atoms with Crippen LogP contribution >= 0.6 is 0 Å². The third-order valence-corrected chi connectivity index (χ3v) is 2.87. The highest BCUT2D eigenvalue weighted by Crippen LogP contribution is 2.11. The van der Waals surface area contributed by atoms with Crippen molar-refractivity contribution in [1.82, 2.24) is 10.6 Å². The van der Waals surface area contributed by atoms with Crippen LogP contribution in [0.4, 0.5) is 0 Å². The van der Waals surface area contributed by atoms with E-state index < -0.39 is 0 Å². The molecule has 0 aliphatic carbocycles. The van der Waals surface area contributed by atoms with Crippen molar-refractivity contribution >= 4 is 0 Å². The van der Waals surface area contributed by atoms with Gasteiger partial charge in [-0.1, -0.05) is 30.3 Å². The summed E-state index contributed by atoms with van der Waals surface area (Å²) in [6, 6.07) is 10.7. The van der Waals surface area contributed by atoms with E-state index in [4.69, 9.17) is 0 Å². The molecule has 0 radical (unpaired) electrons. The van der Waals surface area contributed by atoms with Gasteiger partial charge in [-0.3, -0.25) is 0 Å². The number of hydrogen-bond acceptors (Lipinski definition) is 2. The predicted octanol–water partition coefficient (Wildman–Crippen LogP) is 2.99. The van der Waals surface area contributed by atoms with Crippen LogP contribution in [0.15, 0.2) is 30.3 Å². The molecule has 0 fully saturated rings. The quantitative estimate of drug-likeness (QED) is 0.756. The van der Waals surface area contributed by atoms with E-state index in [-0.39, 0.29) is 11.1 Å². The van der Waals surface area contributed by atoms with E-state index in [0.29, 0.717) is 0 Å². The third-order valence-electron chi connectivity index (χ3n) is 2.87. The number of nitrogens with one attached hydrogen (secondary N) is 2. The van der Waals surface area contributed by atoms with Gasteiger partial charge in [0.1, 0.15) is 0 Å². The molecule has 0 saturated carbocycles. The first-order valence-electron chi connectivity index (χ1n) is 6.82. The second-order valence-corrected chi connectivity index (χ2v) is 6.65. The van der Waals surface area contributed by atoms with Crippen LogP contribution in [0.5, 0.6) is 0 Å². The second-order valence-electron chi connectivity index (χ2n) is 6.65. The van der Waals surface area contributed by atoms with Crippen molar-refractivity contribution in [3.05, 3.63) is 35.9 Å². The molecule has 0 heterocycles. The summed E-state index contributed by atoms with van der Waals surface area (Å²) in [6.07, 6.45) is 1.06. The van der Waals surface area contributed by atoms with Gasteiger partial charge in [0.15, 0.2) is 0 Å². The Morgan fingerprint density at radius 3 is 1.94 bits per heavy atom. The Bertz CT molecular complexity index is 336. The smallest absolute Gasteiger partial charge is 0.0165 e. The standard InChI is InChI=1S/C16H28N2/c1-15(2,3)17-11-12-18-16(4,5)13-14-9-7-6-8-10-14/h6-10,17-18H,11-13H2,1-5H3. The number of hydrogen-bond donors (Lipinski definition) is 2. The third kappa shape index (κ3) is 6.77. The van der Waals surface area contributed by atoms with Gasteiger partial charge in [-0.15, -0.1) is 0 Å². The van der Waals surface area contributed by atoms with E-state index in [9.17, 15) is 0 Å². The van der Waals surface area contributed by atoms with Gasteiger partial charge >= 0.3 is 0 Å². The fraction of sp³-hybridized carbons (Fsp3) is 0.625. The highest BCUT2D eigenvalue weighted by Gasteiger charge is 2.17. The van der Waals surface area contributed by atoms with Crippen LogP contribution in [-0.4, -0.2) is 24.2 Å². The molecule has 2 heteroatoms. The summed E-state index contributed by atoms with van der Waals surface area (Å²) in [6.45, 7) is 13.1. The molecular weight excluding hydrogens is 220 g/mol. The summed E-state index contributed by atoms with van der Waals surface area (Å²) >= 11 is 0. The molecule has 0 aliphatic heterocycles. The lowest BCUT2D eigenvalue weighted by Crippen LogP contribution is -2.47. The van der Waals surface area contributed by atoms with Crippen LogP contribution in [-0.2, 0) is 6.42 Å². The zero-order valence-corrected chi connectivity index (χ0v) is 12.5. The van der Waals surface area contributed by atoms with Crippen molar-refractivity contribution in [3.63, 3.8) is 0 Å². The number of rotatable bonds is 6. The molecule has 0 amide bonds. The maximum atomic E-state index is 3.62. The monoisotopic (exact) mass is 248 g/mol. The highest BCUT2D eigenvalue weighted by molar-refractivity contribution is 5.17. The molecule has 1 aromatic carbocycles. The van der Waals surface area contributed by atoms with Crippen molar-refractivity contribution < 1.29 is 0 Å². The van der Waals surface area contributed by atoms with Crippen molar-refractivity contribution in [3.8, 4) is 0 Å². The second kappa shape index (κ2) is 6.35. The van der Waals surface area contributed by atoms with Gasteiger partial charge in [0.05, 0.1) is 0 Å². The lowest BCUT2D eigenvalue weighted by Gasteiger charge is -2.28. The molecule has 0 saturated heterocycles. The van der Waals surface area contributed by atoms with Gasteiger partial charge in [-0.05, 0) is 46.6 Å². The molecular formula is C16H28N2. The molecule has 18 heavy (non-hydrogen) atoms. The average molecular weight is 248 g/mol. The van der Waals surface area contributed by atoms with E-state index >= 15 is 0 Å². The summed E-state index contributed by atoms with van der Waals surface area (Å²) in [5.74, 6) is 0. The molecule has 0 bridgehead atoms. The molecule has 102 valence electrons. The van der Waals surface area contributed by atoms with E-state index in [1.165, 1.54) is 5.56 Å². The summed E-state index contributed by atoms with van der Waals surface area (Å²) in [5, 5.41) is 7.11. The van der Waals surface area contributed by atoms with Gasteiger partial charge in [0, 0.05) is 24.2 Å². The average Bonchev–Trinajstić information content (AvgIpc) is 2.24. The fourth-order valence-electron chi connectivity index (χ4n) is 2.01. The Labute approximate surface area is 112 Å². The molecule has 1 rings (SSSR count). The van der Waals surface area contributed by atoms with Gasteiger partial charge in [-0.25, -0.2) is 0 Å². The minimum Gasteiger partial charge on any atom is -0.311 e. The molecule has 0 spiro atoms. The lowest BCUT2D eigenvalue weighted by molar-refractivity contribution is 0.360. The Morgan fingerprint density at radius 2 is 1.39 bits per heavy atom. The lowest BCUT2D eigenvalue weighted by atomic mass is 9.95.